The zero-order valence-electron chi connectivity index (χ0n) is 18.3. The predicted octanol–water partition coefficient (Wildman–Crippen LogP) is 4.29. The number of amides is 1. The van der Waals surface area contributed by atoms with Gasteiger partial charge in [0.25, 0.3) is 5.91 Å². The lowest BCUT2D eigenvalue weighted by Gasteiger charge is -2.11. The molecule has 8 nitrogen and oxygen atoms in total. The van der Waals surface area contributed by atoms with Gasteiger partial charge in [-0.25, -0.2) is 10.2 Å². The van der Waals surface area contributed by atoms with E-state index in [1.165, 1.54) is 17.6 Å². The van der Waals surface area contributed by atoms with E-state index in [0.29, 0.717) is 46.7 Å². The van der Waals surface area contributed by atoms with E-state index < -0.39 is 11.9 Å². The van der Waals surface area contributed by atoms with Crippen LogP contribution in [0.25, 0.3) is 0 Å². The van der Waals surface area contributed by atoms with E-state index >= 15 is 0 Å². The maximum absolute atomic E-state index is 12.2. The van der Waals surface area contributed by atoms with Gasteiger partial charge in [0.15, 0.2) is 29.6 Å². The summed E-state index contributed by atoms with van der Waals surface area (Å²) in [7, 11) is 0. The Morgan fingerprint density at radius 1 is 0.909 bits per heavy atom. The highest BCUT2D eigenvalue weighted by Crippen LogP contribution is 2.29. The molecule has 0 saturated heterocycles. The summed E-state index contributed by atoms with van der Waals surface area (Å²) in [6, 6.07) is 15.6. The minimum Gasteiger partial charge on any atom is -0.490 e. The van der Waals surface area contributed by atoms with Crippen LogP contribution in [0.4, 0.5) is 0 Å². The molecular formula is C24H24N2O6S. The molecule has 2 aromatic carbocycles. The first-order valence-corrected chi connectivity index (χ1v) is 11.2. The fourth-order valence-corrected chi connectivity index (χ4v) is 3.30. The number of hydrazone groups is 1. The number of ether oxygens (including phenoxy) is 4. The summed E-state index contributed by atoms with van der Waals surface area (Å²) in [5.74, 6) is 0.869. The highest BCUT2D eigenvalue weighted by atomic mass is 32.1. The van der Waals surface area contributed by atoms with Gasteiger partial charge >= 0.3 is 5.97 Å². The maximum atomic E-state index is 12.2. The van der Waals surface area contributed by atoms with Crippen LogP contribution in [0.15, 0.2) is 65.1 Å². The van der Waals surface area contributed by atoms with Gasteiger partial charge in [-0.3, -0.25) is 4.79 Å². The van der Waals surface area contributed by atoms with Crippen molar-refractivity contribution in [2.75, 3.05) is 19.8 Å². The van der Waals surface area contributed by atoms with Gasteiger partial charge in [0, 0.05) is 0 Å². The summed E-state index contributed by atoms with van der Waals surface area (Å²) in [4.78, 5) is 24.8. The molecule has 9 heteroatoms. The van der Waals surface area contributed by atoms with E-state index in [1.54, 1.807) is 53.9 Å². The van der Waals surface area contributed by atoms with Gasteiger partial charge in [-0.15, -0.1) is 11.3 Å². The van der Waals surface area contributed by atoms with Crippen molar-refractivity contribution >= 4 is 29.4 Å². The molecule has 1 heterocycles. The molecule has 3 aromatic rings. The van der Waals surface area contributed by atoms with Crippen LogP contribution in [0.3, 0.4) is 0 Å². The lowest BCUT2D eigenvalue weighted by atomic mass is 10.2. The fraction of sp³-hybridized carbons (Fsp3) is 0.208. The molecule has 0 saturated carbocycles. The number of esters is 1. The Morgan fingerprint density at radius 3 is 2.33 bits per heavy atom. The van der Waals surface area contributed by atoms with Gasteiger partial charge < -0.3 is 18.9 Å². The van der Waals surface area contributed by atoms with Crippen LogP contribution in [0.2, 0.25) is 0 Å². The molecule has 0 radical (unpaired) electrons. The number of nitrogens with one attached hydrogen (secondary N) is 1. The van der Waals surface area contributed by atoms with Crippen molar-refractivity contribution in [1.82, 2.24) is 5.43 Å². The van der Waals surface area contributed by atoms with Crippen LogP contribution in [0.1, 0.15) is 29.1 Å². The van der Waals surface area contributed by atoms with Gasteiger partial charge in [-0.1, -0.05) is 18.2 Å². The molecular weight excluding hydrogens is 444 g/mol. The smallest absolute Gasteiger partial charge is 0.353 e. The van der Waals surface area contributed by atoms with Gasteiger partial charge in [0.1, 0.15) is 4.88 Å². The van der Waals surface area contributed by atoms with Crippen molar-refractivity contribution < 1.29 is 28.5 Å². The average molecular weight is 469 g/mol. The normalized spacial score (nSPS) is 10.6. The number of nitrogens with zero attached hydrogens (tertiary/aromatic N) is 1. The molecule has 1 aromatic heterocycles. The van der Waals surface area contributed by atoms with Crippen molar-refractivity contribution in [1.29, 1.82) is 0 Å². The summed E-state index contributed by atoms with van der Waals surface area (Å²) in [6.45, 7) is 4.36. The van der Waals surface area contributed by atoms with Crippen LogP contribution in [0, 0.1) is 0 Å². The van der Waals surface area contributed by atoms with Gasteiger partial charge in [0.05, 0.1) is 19.4 Å². The number of thiophene rings is 1. The Morgan fingerprint density at radius 2 is 1.64 bits per heavy atom. The number of benzene rings is 2. The number of hydrogen-bond donors (Lipinski definition) is 1. The van der Waals surface area contributed by atoms with Crippen molar-refractivity contribution in [3.8, 4) is 23.0 Å². The van der Waals surface area contributed by atoms with Crippen molar-refractivity contribution in [2.24, 2.45) is 5.10 Å². The maximum Gasteiger partial charge on any atom is 0.353 e. The number of rotatable bonds is 11. The minimum atomic E-state index is -0.453. The Kier molecular flexibility index (Phi) is 8.84. The van der Waals surface area contributed by atoms with E-state index in [0.717, 1.165) is 0 Å². The average Bonchev–Trinajstić information content (AvgIpc) is 3.36. The zero-order chi connectivity index (χ0) is 23.5. The van der Waals surface area contributed by atoms with Crippen molar-refractivity contribution in [3.05, 3.63) is 70.4 Å². The molecule has 0 aliphatic carbocycles. The number of carbonyl (C=O) groups is 2. The van der Waals surface area contributed by atoms with Crippen molar-refractivity contribution in [3.63, 3.8) is 0 Å². The highest BCUT2D eigenvalue weighted by molar-refractivity contribution is 7.12. The first-order chi connectivity index (χ1) is 16.1. The Balaban J connectivity index is 1.57. The van der Waals surface area contributed by atoms with Crippen LogP contribution in [-0.4, -0.2) is 37.9 Å². The second kappa shape index (κ2) is 12.3. The van der Waals surface area contributed by atoms with Gasteiger partial charge in [0.2, 0.25) is 0 Å². The predicted molar refractivity (Wildman–Crippen MR) is 126 cm³/mol. The van der Waals surface area contributed by atoms with Crippen LogP contribution in [0.5, 0.6) is 23.0 Å². The molecule has 0 spiro atoms. The molecule has 0 atom stereocenters. The number of para-hydroxylation sites is 2. The third-order valence-electron chi connectivity index (χ3n) is 4.10. The zero-order valence-corrected chi connectivity index (χ0v) is 19.1. The number of hydrogen-bond acceptors (Lipinski definition) is 8. The summed E-state index contributed by atoms with van der Waals surface area (Å²) in [5, 5.41) is 5.75. The molecule has 0 aliphatic rings. The van der Waals surface area contributed by atoms with E-state index in [1.807, 2.05) is 19.9 Å². The Hall–Kier alpha value is -3.85. The minimum absolute atomic E-state index is 0.219. The third kappa shape index (κ3) is 7.08. The fourth-order valence-electron chi connectivity index (χ4n) is 2.70. The lowest BCUT2D eigenvalue weighted by molar-refractivity contribution is -0.123. The molecule has 33 heavy (non-hydrogen) atoms. The summed E-state index contributed by atoms with van der Waals surface area (Å²) < 4.78 is 22.0. The topological polar surface area (TPSA) is 95.5 Å². The second-order valence-electron chi connectivity index (χ2n) is 6.47. The molecule has 0 fully saturated rings. The van der Waals surface area contributed by atoms with E-state index in [9.17, 15) is 9.59 Å². The third-order valence-corrected chi connectivity index (χ3v) is 4.95. The molecule has 0 unspecified atom stereocenters. The first-order valence-electron chi connectivity index (χ1n) is 10.3. The summed E-state index contributed by atoms with van der Waals surface area (Å²) in [6.07, 6.45) is 1.46. The second-order valence-corrected chi connectivity index (χ2v) is 7.42. The largest absolute Gasteiger partial charge is 0.490 e. The lowest BCUT2D eigenvalue weighted by Crippen LogP contribution is -2.24. The van der Waals surface area contributed by atoms with Crippen molar-refractivity contribution in [2.45, 2.75) is 13.8 Å². The van der Waals surface area contributed by atoms with Crippen LogP contribution in [-0.2, 0) is 4.79 Å². The standard InChI is InChI=1S/C24H24N2O6S/c1-3-29-18-8-5-6-9-19(18)31-16-23(27)26-25-15-17-11-12-20(21(14-17)30-4-2)32-24(28)22-10-7-13-33-22/h5-15H,3-4,16H2,1-2H3,(H,26,27)/b25-15+. The summed E-state index contributed by atoms with van der Waals surface area (Å²) >= 11 is 1.30. The van der Waals surface area contributed by atoms with E-state index in [2.05, 4.69) is 10.5 Å². The van der Waals surface area contributed by atoms with E-state index in [4.69, 9.17) is 18.9 Å². The Bertz CT molecular complexity index is 1100. The van der Waals surface area contributed by atoms with Gasteiger partial charge in [-0.2, -0.15) is 5.10 Å². The van der Waals surface area contributed by atoms with Gasteiger partial charge in [-0.05, 0) is 61.2 Å². The summed E-state index contributed by atoms with van der Waals surface area (Å²) in [5.41, 5.74) is 3.06. The quantitative estimate of drug-likeness (QED) is 0.195. The Labute approximate surface area is 195 Å². The SMILES string of the molecule is CCOc1ccccc1OCC(=O)N/N=C/c1ccc(OC(=O)c2cccs2)c(OCC)c1. The van der Waals surface area contributed by atoms with Crippen LogP contribution < -0.4 is 24.4 Å². The van der Waals surface area contributed by atoms with E-state index in [-0.39, 0.29) is 6.61 Å². The molecule has 172 valence electrons. The molecule has 0 aliphatic heterocycles. The first kappa shape index (κ1) is 23.8. The monoisotopic (exact) mass is 468 g/mol. The molecule has 1 N–H and O–H groups in total. The molecule has 0 bridgehead atoms. The molecule has 3 rings (SSSR count). The highest BCUT2D eigenvalue weighted by Gasteiger charge is 2.14. The molecule has 1 amide bonds. The number of carbonyl (C=O) groups excluding carboxylic acids is 2. The van der Waals surface area contributed by atoms with Crippen LogP contribution >= 0.6 is 11.3 Å².